The second kappa shape index (κ2) is 4.40. The van der Waals surface area contributed by atoms with Gasteiger partial charge in [0.15, 0.2) is 0 Å². The van der Waals surface area contributed by atoms with E-state index < -0.39 is 11.5 Å². The van der Waals surface area contributed by atoms with E-state index in [1.54, 1.807) is 6.92 Å². The van der Waals surface area contributed by atoms with Crippen molar-refractivity contribution in [2.24, 2.45) is 5.73 Å². The zero-order valence-electron chi connectivity index (χ0n) is 8.79. The number of rotatable bonds is 3. The second-order valence-corrected chi connectivity index (χ2v) is 3.32. The van der Waals surface area contributed by atoms with Crippen LogP contribution in [0.3, 0.4) is 0 Å². The molecule has 0 fully saturated rings. The summed E-state index contributed by atoms with van der Waals surface area (Å²) in [4.78, 5) is 11.5. The molecule has 82 valence electrons. The van der Waals surface area contributed by atoms with Gasteiger partial charge in [-0.3, -0.25) is 0 Å². The first-order chi connectivity index (χ1) is 7.04. The number of esters is 1. The zero-order valence-corrected chi connectivity index (χ0v) is 8.79. The van der Waals surface area contributed by atoms with E-state index in [-0.39, 0.29) is 5.82 Å². The van der Waals surface area contributed by atoms with Crippen LogP contribution in [0.5, 0.6) is 0 Å². The fraction of sp³-hybridized carbons (Fsp3) is 0.364. The summed E-state index contributed by atoms with van der Waals surface area (Å²) in [5, 5.41) is 0. The topological polar surface area (TPSA) is 52.3 Å². The van der Waals surface area contributed by atoms with Gasteiger partial charge in [-0.1, -0.05) is 19.1 Å². The number of carbonyl (C=O) groups is 1. The first-order valence-electron chi connectivity index (χ1n) is 4.68. The molecule has 0 aliphatic heterocycles. The number of carbonyl (C=O) groups excluding carboxylic acids is 1. The predicted molar refractivity (Wildman–Crippen MR) is 54.6 cm³/mol. The van der Waals surface area contributed by atoms with Gasteiger partial charge >= 0.3 is 5.97 Å². The van der Waals surface area contributed by atoms with Crippen molar-refractivity contribution in [3.8, 4) is 0 Å². The number of methoxy groups -OCH3 is 1. The minimum atomic E-state index is -1.19. The van der Waals surface area contributed by atoms with Crippen LogP contribution >= 0.6 is 0 Å². The number of benzene rings is 1. The highest BCUT2D eigenvalue weighted by Gasteiger charge is 2.35. The van der Waals surface area contributed by atoms with Crippen molar-refractivity contribution >= 4 is 5.97 Å². The van der Waals surface area contributed by atoms with E-state index in [2.05, 4.69) is 4.74 Å². The van der Waals surface area contributed by atoms with Gasteiger partial charge in [0.2, 0.25) is 0 Å². The van der Waals surface area contributed by atoms with Crippen molar-refractivity contribution in [2.75, 3.05) is 7.11 Å². The Bertz CT molecular complexity index is 350. The first-order valence-corrected chi connectivity index (χ1v) is 4.68. The van der Waals surface area contributed by atoms with E-state index in [0.29, 0.717) is 12.0 Å². The Morgan fingerprint density at radius 2 is 2.00 bits per heavy atom. The molecule has 1 aromatic carbocycles. The third kappa shape index (κ3) is 2.15. The lowest BCUT2D eigenvalue weighted by atomic mass is 9.88. The van der Waals surface area contributed by atoms with Crippen LogP contribution in [0.15, 0.2) is 24.3 Å². The summed E-state index contributed by atoms with van der Waals surface area (Å²) in [7, 11) is 1.28. The Morgan fingerprint density at radius 3 is 2.40 bits per heavy atom. The molecule has 0 amide bonds. The van der Waals surface area contributed by atoms with Crippen molar-refractivity contribution < 1.29 is 13.9 Å². The summed E-state index contributed by atoms with van der Waals surface area (Å²) in [6.45, 7) is 1.78. The molecule has 1 atom stereocenters. The van der Waals surface area contributed by atoms with Crippen LogP contribution in [0.1, 0.15) is 18.9 Å². The Balaban J connectivity index is 3.11. The molecule has 0 aliphatic carbocycles. The monoisotopic (exact) mass is 211 g/mol. The molecule has 1 aromatic rings. The number of hydrogen-bond donors (Lipinski definition) is 1. The van der Waals surface area contributed by atoms with Crippen molar-refractivity contribution in [1.29, 1.82) is 0 Å². The molecule has 0 aliphatic rings. The van der Waals surface area contributed by atoms with Crippen LogP contribution in [0.4, 0.5) is 4.39 Å². The van der Waals surface area contributed by atoms with Gasteiger partial charge in [-0.05, 0) is 24.1 Å². The molecule has 15 heavy (non-hydrogen) atoms. The maximum atomic E-state index is 12.7. The summed E-state index contributed by atoms with van der Waals surface area (Å²) in [6.07, 6.45) is 0.394. The van der Waals surface area contributed by atoms with Crippen LogP contribution in [0.25, 0.3) is 0 Å². The smallest absolute Gasteiger partial charge is 0.330 e. The Labute approximate surface area is 88.0 Å². The number of nitrogens with two attached hydrogens (primary N) is 1. The molecule has 0 bridgehead atoms. The van der Waals surface area contributed by atoms with E-state index in [1.165, 1.54) is 31.4 Å². The SMILES string of the molecule is CCC(N)(C(=O)OC)c1ccc(F)cc1. The molecule has 2 N–H and O–H groups in total. The highest BCUT2D eigenvalue weighted by Crippen LogP contribution is 2.23. The maximum Gasteiger partial charge on any atom is 0.330 e. The molecule has 0 aromatic heterocycles. The maximum absolute atomic E-state index is 12.7. The van der Waals surface area contributed by atoms with Gasteiger partial charge in [0.25, 0.3) is 0 Å². The van der Waals surface area contributed by atoms with Gasteiger partial charge in [0.1, 0.15) is 11.4 Å². The second-order valence-electron chi connectivity index (χ2n) is 3.32. The summed E-state index contributed by atoms with van der Waals surface area (Å²) in [5.74, 6) is -0.876. The Morgan fingerprint density at radius 1 is 1.47 bits per heavy atom. The normalized spacial score (nSPS) is 14.4. The lowest BCUT2D eigenvalue weighted by Gasteiger charge is -2.25. The fourth-order valence-electron chi connectivity index (χ4n) is 1.40. The number of ether oxygens (including phenoxy) is 1. The van der Waals surface area contributed by atoms with Crippen LogP contribution in [0, 0.1) is 5.82 Å². The van der Waals surface area contributed by atoms with Gasteiger partial charge in [-0.2, -0.15) is 0 Å². The third-order valence-corrected chi connectivity index (χ3v) is 2.47. The molecular weight excluding hydrogens is 197 g/mol. The summed E-state index contributed by atoms with van der Waals surface area (Å²) in [6, 6.07) is 5.54. The number of halogens is 1. The first kappa shape index (κ1) is 11.7. The van der Waals surface area contributed by atoms with Crippen LogP contribution in [-0.2, 0) is 15.1 Å². The van der Waals surface area contributed by atoms with Crippen LogP contribution in [-0.4, -0.2) is 13.1 Å². The van der Waals surface area contributed by atoms with Gasteiger partial charge in [-0.15, -0.1) is 0 Å². The van der Waals surface area contributed by atoms with Gasteiger partial charge in [-0.25, -0.2) is 9.18 Å². The fourth-order valence-corrected chi connectivity index (χ4v) is 1.40. The average Bonchev–Trinajstić information content (AvgIpc) is 2.27. The summed E-state index contributed by atoms with van der Waals surface area (Å²) in [5.41, 5.74) is 5.29. The molecule has 3 nitrogen and oxygen atoms in total. The van der Waals surface area contributed by atoms with Gasteiger partial charge < -0.3 is 10.5 Å². The van der Waals surface area contributed by atoms with Crippen molar-refractivity contribution in [3.63, 3.8) is 0 Å². The van der Waals surface area contributed by atoms with Crippen molar-refractivity contribution in [3.05, 3.63) is 35.6 Å². The molecule has 0 saturated carbocycles. The minimum Gasteiger partial charge on any atom is -0.467 e. The van der Waals surface area contributed by atoms with Crippen molar-refractivity contribution in [2.45, 2.75) is 18.9 Å². The van der Waals surface area contributed by atoms with Gasteiger partial charge in [0, 0.05) is 0 Å². The largest absolute Gasteiger partial charge is 0.467 e. The third-order valence-electron chi connectivity index (χ3n) is 2.47. The lowest BCUT2D eigenvalue weighted by Crippen LogP contribution is -2.45. The quantitative estimate of drug-likeness (QED) is 0.772. The van der Waals surface area contributed by atoms with Crippen LogP contribution < -0.4 is 5.73 Å². The Kier molecular flexibility index (Phi) is 3.42. The predicted octanol–water partition coefficient (Wildman–Crippen LogP) is 1.56. The lowest BCUT2D eigenvalue weighted by molar-refractivity contribution is -0.147. The van der Waals surface area contributed by atoms with E-state index in [9.17, 15) is 9.18 Å². The average molecular weight is 211 g/mol. The molecule has 0 spiro atoms. The standard InChI is InChI=1S/C11H14FNO2/c1-3-11(13,10(14)15-2)8-4-6-9(12)7-5-8/h4-7H,3,13H2,1-2H3. The van der Waals surface area contributed by atoms with Crippen molar-refractivity contribution in [1.82, 2.24) is 0 Å². The number of hydrogen-bond acceptors (Lipinski definition) is 3. The van der Waals surface area contributed by atoms with E-state index in [1.807, 2.05) is 0 Å². The summed E-state index contributed by atoms with van der Waals surface area (Å²) >= 11 is 0. The highest BCUT2D eigenvalue weighted by molar-refractivity contribution is 5.82. The molecular formula is C11H14FNO2. The molecule has 0 heterocycles. The highest BCUT2D eigenvalue weighted by atomic mass is 19.1. The van der Waals surface area contributed by atoms with Gasteiger partial charge in [0.05, 0.1) is 7.11 Å². The molecule has 0 radical (unpaired) electrons. The Hall–Kier alpha value is -1.42. The van der Waals surface area contributed by atoms with E-state index >= 15 is 0 Å². The van der Waals surface area contributed by atoms with E-state index in [0.717, 1.165) is 0 Å². The molecule has 0 saturated heterocycles. The summed E-state index contributed by atoms with van der Waals surface area (Å²) < 4.78 is 17.3. The molecule has 1 rings (SSSR count). The van der Waals surface area contributed by atoms with Crippen LogP contribution in [0.2, 0.25) is 0 Å². The zero-order chi connectivity index (χ0) is 11.5. The minimum absolute atomic E-state index is 0.359. The van der Waals surface area contributed by atoms with E-state index in [4.69, 9.17) is 5.73 Å². The molecule has 1 unspecified atom stereocenters. The molecule has 4 heteroatoms.